The topological polar surface area (TPSA) is 71.5 Å². The van der Waals surface area contributed by atoms with Gasteiger partial charge in [0, 0.05) is 15.9 Å². The Morgan fingerprint density at radius 2 is 2.20 bits per heavy atom. The molecule has 0 unspecified atom stereocenters. The van der Waals surface area contributed by atoms with E-state index >= 15 is 0 Å². The summed E-state index contributed by atoms with van der Waals surface area (Å²) in [6.07, 6.45) is -0.0803. The van der Waals surface area contributed by atoms with Crippen LogP contribution in [0.4, 0.5) is 10.8 Å². The third-order valence-electron chi connectivity index (χ3n) is 2.37. The Hall–Kier alpha value is -1.12. The molecule has 0 fully saturated rings. The number of rotatable bonds is 5. The number of nitrogens with one attached hydrogen (secondary N) is 1. The SMILES string of the molecule is COc1cc(Nc2nc(CC(=O)O)cs2)c(Br)cc1Br. The molecule has 1 aromatic heterocycles. The average molecular weight is 422 g/mol. The number of hydrogen-bond acceptors (Lipinski definition) is 5. The van der Waals surface area contributed by atoms with Gasteiger partial charge in [0.2, 0.25) is 0 Å². The van der Waals surface area contributed by atoms with Crippen LogP contribution < -0.4 is 10.1 Å². The summed E-state index contributed by atoms with van der Waals surface area (Å²) in [7, 11) is 1.59. The fourth-order valence-corrected chi connectivity index (χ4v) is 3.47. The third-order valence-corrected chi connectivity index (χ3v) is 4.45. The van der Waals surface area contributed by atoms with Gasteiger partial charge in [0.25, 0.3) is 0 Å². The smallest absolute Gasteiger partial charge is 0.309 e. The van der Waals surface area contributed by atoms with Crippen LogP contribution in [0.3, 0.4) is 0 Å². The molecule has 2 N–H and O–H groups in total. The van der Waals surface area contributed by atoms with Crippen LogP contribution in [0.15, 0.2) is 26.5 Å². The predicted molar refractivity (Wildman–Crippen MR) is 85.1 cm³/mol. The van der Waals surface area contributed by atoms with Crippen LogP contribution >= 0.6 is 43.2 Å². The third kappa shape index (κ3) is 3.71. The van der Waals surface area contributed by atoms with Crippen molar-refractivity contribution in [3.05, 3.63) is 32.2 Å². The van der Waals surface area contributed by atoms with E-state index in [9.17, 15) is 4.79 Å². The van der Waals surface area contributed by atoms with Crippen molar-refractivity contribution in [3.8, 4) is 5.75 Å². The number of anilines is 2. The van der Waals surface area contributed by atoms with Gasteiger partial charge >= 0.3 is 5.97 Å². The van der Waals surface area contributed by atoms with Crippen LogP contribution in [0.25, 0.3) is 0 Å². The highest BCUT2D eigenvalue weighted by molar-refractivity contribution is 9.11. The highest BCUT2D eigenvalue weighted by atomic mass is 79.9. The van der Waals surface area contributed by atoms with Crippen LogP contribution in [0.1, 0.15) is 5.69 Å². The second-order valence-electron chi connectivity index (χ2n) is 3.81. The van der Waals surface area contributed by atoms with Crippen molar-refractivity contribution in [1.82, 2.24) is 4.98 Å². The Balaban J connectivity index is 2.21. The molecule has 0 amide bonds. The van der Waals surface area contributed by atoms with Crippen molar-refractivity contribution < 1.29 is 14.6 Å². The molecule has 0 aliphatic heterocycles. The van der Waals surface area contributed by atoms with Gasteiger partial charge in [-0.15, -0.1) is 11.3 Å². The normalized spacial score (nSPS) is 10.3. The zero-order chi connectivity index (χ0) is 14.7. The van der Waals surface area contributed by atoms with Gasteiger partial charge in [-0.2, -0.15) is 0 Å². The largest absolute Gasteiger partial charge is 0.495 e. The molecule has 0 spiro atoms. The van der Waals surface area contributed by atoms with Crippen molar-refractivity contribution in [3.63, 3.8) is 0 Å². The van der Waals surface area contributed by atoms with Gasteiger partial charge in [-0.25, -0.2) is 4.98 Å². The van der Waals surface area contributed by atoms with E-state index in [1.54, 1.807) is 12.5 Å². The maximum absolute atomic E-state index is 10.6. The summed E-state index contributed by atoms with van der Waals surface area (Å²) in [6.45, 7) is 0. The van der Waals surface area contributed by atoms with Crippen LogP contribution in [-0.2, 0) is 11.2 Å². The Kier molecular flexibility index (Phi) is 5.00. The Morgan fingerprint density at radius 1 is 1.45 bits per heavy atom. The van der Waals surface area contributed by atoms with E-state index in [2.05, 4.69) is 42.2 Å². The lowest BCUT2D eigenvalue weighted by Crippen LogP contribution is -2.00. The molecule has 2 aromatic rings. The number of nitrogens with zero attached hydrogens (tertiary/aromatic N) is 1. The van der Waals surface area contributed by atoms with Gasteiger partial charge in [0.1, 0.15) is 5.75 Å². The van der Waals surface area contributed by atoms with Crippen molar-refractivity contribution in [2.45, 2.75) is 6.42 Å². The fourth-order valence-electron chi connectivity index (χ4n) is 1.50. The first-order valence-electron chi connectivity index (χ1n) is 5.46. The van der Waals surface area contributed by atoms with E-state index in [1.165, 1.54) is 11.3 Å². The highest BCUT2D eigenvalue weighted by Crippen LogP contribution is 2.36. The zero-order valence-electron chi connectivity index (χ0n) is 10.3. The molecule has 0 saturated carbocycles. The molecular weight excluding hydrogens is 412 g/mol. The molecule has 5 nitrogen and oxygen atoms in total. The second kappa shape index (κ2) is 6.55. The van der Waals surface area contributed by atoms with Gasteiger partial charge in [0.15, 0.2) is 5.13 Å². The molecule has 1 aromatic carbocycles. The molecule has 0 bridgehead atoms. The van der Waals surface area contributed by atoms with Crippen molar-refractivity contribution >= 4 is 60.0 Å². The lowest BCUT2D eigenvalue weighted by atomic mass is 10.3. The monoisotopic (exact) mass is 420 g/mol. The van der Waals surface area contributed by atoms with Gasteiger partial charge < -0.3 is 15.2 Å². The Labute approximate surface area is 136 Å². The number of ether oxygens (including phenoxy) is 1. The standard InChI is InChI=1S/C12H10Br2N2O3S/c1-19-10-4-9(7(13)3-8(10)14)16-12-15-6(5-20-12)2-11(17)18/h3-5H,2H2,1H3,(H,15,16)(H,17,18). The molecule has 8 heteroatoms. The molecule has 0 atom stereocenters. The molecule has 1 heterocycles. The lowest BCUT2D eigenvalue weighted by Gasteiger charge is -2.10. The van der Waals surface area contributed by atoms with E-state index in [1.807, 2.05) is 12.1 Å². The first-order chi connectivity index (χ1) is 9.49. The van der Waals surface area contributed by atoms with Gasteiger partial charge in [0.05, 0.1) is 29.4 Å². The number of methoxy groups -OCH3 is 1. The summed E-state index contributed by atoms with van der Waals surface area (Å²) in [4.78, 5) is 14.8. The van der Waals surface area contributed by atoms with E-state index in [0.29, 0.717) is 16.6 Å². The number of hydrogen-bond donors (Lipinski definition) is 2. The minimum absolute atomic E-state index is 0.0803. The number of benzene rings is 1. The maximum atomic E-state index is 10.6. The second-order valence-corrected chi connectivity index (χ2v) is 6.37. The number of thiazole rings is 1. The maximum Gasteiger partial charge on any atom is 0.309 e. The molecule has 0 radical (unpaired) electrons. The summed E-state index contributed by atoms with van der Waals surface area (Å²) >= 11 is 8.20. The number of carbonyl (C=O) groups is 1. The predicted octanol–water partition coefficient (Wildman–Crippen LogP) is 4.05. The van der Waals surface area contributed by atoms with Crippen molar-refractivity contribution in [2.75, 3.05) is 12.4 Å². The minimum Gasteiger partial charge on any atom is -0.495 e. The highest BCUT2D eigenvalue weighted by Gasteiger charge is 2.10. The Bertz CT molecular complexity index is 646. The fraction of sp³-hybridized carbons (Fsp3) is 0.167. The number of halogens is 2. The molecule has 0 aliphatic carbocycles. The number of carboxylic acid groups (broad SMARTS) is 1. The average Bonchev–Trinajstić information content (AvgIpc) is 2.79. The summed E-state index contributed by atoms with van der Waals surface area (Å²) < 4.78 is 6.92. The molecule has 0 aliphatic rings. The van der Waals surface area contributed by atoms with Crippen molar-refractivity contribution in [2.24, 2.45) is 0 Å². The van der Waals surface area contributed by atoms with E-state index < -0.39 is 5.97 Å². The summed E-state index contributed by atoms with van der Waals surface area (Å²) in [5, 5.41) is 14.2. The minimum atomic E-state index is -0.895. The summed E-state index contributed by atoms with van der Waals surface area (Å²) in [6, 6.07) is 3.69. The molecule has 2 rings (SSSR count). The molecule has 0 saturated heterocycles. The molecule has 20 heavy (non-hydrogen) atoms. The first kappa shape index (κ1) is 15.3. The zero-order valence-corrected chi connectivity index (χ0v) is 14.3. The number of carboxylic acids is 1. The first-order valence-corrected chi connectivity index (χ1v) is 7.92. The molecular formula is C12H10Br2N2O3S. The summed E-state index contributed by atoms with van der Waals surface area (Å²) in [5.74, 6) is -0.202. The molecule has 106 valence electrons. The van der Waals surface area contributed by atoms with E-state index in [0.717, 1.165) is 14.6 Å². The van der Waals surface area contributed by atoms with E-state index in [-0.39, 0.29) is 6.42 Å². The van der Waals surface area contributed by atoms with Crippen LogP contribution in [0.2, 0.25) is 0 Å². The Morgan fingerprint density at radius 3 is 2.85 bits per heavy atom. The lowest BCUT2D eigenvalue weighted by molar-refractivity contribution is -0.136. The number of aromatic nitrogens is 1. The number of aliphatic carboxylic acids is 1. The van der Waals surface area contributed by atoms with Gasteiger partial charge in [-0.05, 0) is 37.9 Å². The van der Waals surface area contributed by atoms with Gasteiger partial charge in [-0.3, -0.25) is 4.79 Å². The quantitative estimate of drug-likeness (QED) is 0.761. The van der Waals surface area contributed by atoms with Crippen LogP contribution in [0.5, 0.6) is 5.75 Å². The summed E-state index contributed by atoms with van der Waals surface area (Å²) in [5.41, 5.74) is 1.33. The van der Waals surface area contributed by atoms with Crippen LogP contribution in [0, 0.1) is 0 Å². The van der Waals surface area contributed by atoms with Crippen molar-refractivity contribution in [1.29, 1.82) is 0 Å². The van der Waals surface area contributed by atoms with Crippen LogP contribution in [-0.4, -0.2) is 23.2 Å². The van der Waals surface area contributed by atoms with Gasteiger partial charge in [-0.1, -0.05) is 0 Å². The van der Waals surface area contributed by atoms with E-state index in [4.69, 9.17) is 9.84 Å².